The molecule has 5 aromatic rings. The molecule has 0 radical (unpaired) electrons. The third-order valence-corrected chi connectivity index (χ3v) is 5.69. The van der Waals surface area contributed by atoms with E-state index in [4.69, 9.17) is 23.9 Å². The normalized spacial score (nSPS) is 11.0. The van der Waals surface area contributed by atoms with Crippen LogP contribution in [0.1, 0.15) is 0 Å². The van der Waals surface area contributed by atoms with Crippen molar-refractivity contribution in [1.29, 1.82) is 0 Å². The average Bonchev–Trinajstić information content (AvgIpc) is 3.31. The Balaban J connectivity index is 1.88. The third kappa shape index (κ3) is 3.38. The Hall–Kier alpha value is -4.26. The van der Waals surface area contributed by atoms with Gasteiger partial charge < -0.3 is 18.9 Å². The Morgan fingerprint density at radius 1 is 0.636 bits per heavy atom. The van der Waals surface area contributed by atoms with Gasteiger partial charge in [-0.1, -0.05) is 18.2 Å². The molecule has 0 aliphatic heterocycles. The van der Waals surface area contributed by atoms with Gasteiger partial charge in [0.2, 0.25) is 0 Å². The second kappa shape index (κ2) is 8.35. The highest BCUT2D eigenvalue weighted by atomic mass is 16.5. The minimum absolute atomic E-state index is 0.627. The monoisotopic (exact) mass is 441 g/mol. The summed E-state index contributed by atoms with van der Waals surface area (Å²) in [5, 5.41) is 7.44. The first-order chi connectivity index (χ1) is 16.2. The molecule has 7 nitrogen and oxygen atoms in total. The molecule has 0 saturated heterocycles. The van der Waals surface area contributed by atoms with Crippen molar-refractivity contribution in [3.8, 4) is 39.9 Å². The SMILES string of the molecule is COc1ccc(-c2nc3c(cnn3-c3ccccc3)c3cc(OC)c(OC)cc23)cc1OC. The molecule has 0 aliphatic carbocycles. The highest BCUT2D eigenvalue weighted by Crippen LogP contribution is 2.41. The van der Waals surface area contributed by atoms with Crippen molar-refractivity contribution in [2.75, 3.05) is 28.4 Å². The molecular weight excluding hydrogens is 418 g/mol. The molecule has 0 bridgehead atoms. The molecule has 0 fully saturated rings. The number of rotatable bonds is 6. The minimum Gasteiger partial charge on any atom is -0.493 e. The molecular formula is C26H23N3O4. The fraction of sp³-hybridized carbons (Fsp3) is 0.154. The molecule has 0 N–H and O–H groups in total. The number of fused-ring (bicyclic) bond motifs is 3. The van der Waals surface area contributed by atoms with E-state index in [2.05, 4.69) is 5.10 Å². The van der Waals surface area contributed by atoms with E-state index >= 15 is 0 Å². The van der Waals surface area contributed by atoms with Crippen LogP contribution in [0.4, 0.5) is 0 Å². The Kier molecular flexibility index (Phi) is 5.22. The molecule has 2 aromatic heterocycles. The van der Waals surface area contributed by atoms with Crippen LogP contribution >= 0.6 is 0 Å². The molecule has 3 aromatic carbocycles. The maximum absolute atomic E-state index is 5.59. The number of methoxy groups -OCH3 is 4. The van der Waals surface area contributed by atoms with Crippen molar-refractivity contribution >= 4 is 21.8 Å². The molecule has 0 saturated carbocycles. The quantitative estimate of drug-likeness (QED) is 0.357. The van der Waals surface area contributed by atoms with Crippen LogP contribution in [0.15, 0.2) is 66.9 Å². The van der Waals surface area contributed by atoms with Crippen LogP contribution in [0.3, 0.4) is 0 Å². The van der Waals surface area contributed by atoms with Crippen molar-refractivity contribution in [3.63, 3.8) is 0 Å². The van der Waals surface area contributed by atoms with Crippen LogP contribution in [-0.4, -0.2) is 43.2 Å². The molecule has 0 aliphatic rings. The van der Waals surface area contributed by atoms with Crippen LogP contribution in [0.2, 0.25) is 0 Å². The molecule has 0 unspecified atom stereocenters. The van der Waals surface area contributed by atoms with E-state index in [1.807, 2.05) is 71.5 Å². The zero-order valence-electron chi connectivity index (χ0n) is 18.8. The fourth-order valence-electron chi connectivity index (χ4n) is 4.07. The average molecular weight is 441 g/mol. The van der Waals surface area contributed by atoms with E-state index in [0.717, 1.165) is 38.8 Å². The summed E-state index contributed by atoms with van der Waals surface area (Å²) in [7, 11) is 6.49. The predicted molar refractivity (Wildman–Crippen MR) is 128 cm³/mol. The standard InChI is InChI=1S/C26H23N3O4/c1-30-21-11-10-16(12-22(21)31-2)25-19-14-24(33-4)23(32-3)13-18(19)20-15-27-29(26(20)28-25)17-8-6-5-7-9-17/h5-15H,1-4H3. The van der Waals surface area contributed by atoms with Crippen molar-refractivity contribution < 1.29 is 18.9 Å². The van der Waals surface area contributed by atoms with Gasteiger partial charge in [-0.05, 0) is 42.5 Å². The second-order valence-electron chi connectivity index (χ2n) is 7.41. The summed E-state index contributed by atoms with van der Waals surface area (Å²) in [6.45, 7) is 0. The van der Waals surface area contributed by atoms with Crippen molar-refractivity contribution in [2.24, 2.45) is 0 Å². The molecule has 7 heteroatoms. The van der Waals surface area contributed by atoms with Gasteiger partial charge in [-0.15, -0.1) is 0 Å². The van der Waals surface area contributed by atoms with E-state index in [9.17, 15) is 0 Å². The lowest BCUT2D eigenvalue weighted by atomic mass is 10.0. The first-order valence-electron chi connectivity index (χ1n) is 10.4. The van der Waals surface area contributed by atoms with E-state index in [1.165, 1.54) is 0 Å². The van der Waals surface area contributed by atoms with Gasteiger partial charge >= 0.3 is 0 Å². The van der Waals surface area contributed by atoms with Gasteiger partial charge in [-0.3, -0.25) is 0 Å². The first kappa shape index (κ1) is 20.6. The van der Waals surface area contributed by atoms with E-state index in [0.29, 0.717) is 23.0 Å². The van der Waals surface area contributed by atoms with E-state index in [1.54, 1.807) is 28.4 Å². The summed E-state index contributed by atoms with van der Waals surface area (Å²) in [5.74, 6) is 2.55. The number of para-hydroxylation sites is 1. The molecule has 2 heterocycles. The smallest absolute Gasteiger partial charge is 0.164 e. The number of hydrogen-bond donors (Lipinski definition) is 0. The largest absolute Gasteiger partial charge is 0.493 e. The van der Waals surface area contributed by atoms with Gasteiger partial charge in [0.1, 0.15) is 0 Å². The number of aromatic nitrogens is 3. The Morgan fingerprint density at radius 2 is 1.27 bits per heavy atom. The second-order valence-corrected chi connectivity index (χ2v) is 7.41. The van der Waals surface area contributed by atoms with Gasteiger partial charge in [0.25, 0.3) is 0 Å². The van der Waals surface area contributed by atoms with Crippen molar-refractivity contribution in [2.45, 2.75) is 0 Å². The predicted octanol–water partition coefficient (Wildman–Crippen LogP) is 5.28. The first-order valence-corrected chi connectivity index (χ1v) is 10.4. The topological polar surface area (TPSA) is 67.6 Å². The van der Waals surface area contributed by atoms with Crippen molar-refractivity contribution in [3.05, 3.63) is 66.9 Å². The maximum atomic E-state index is 5.59. The highest BCUT2D eigenvalue weighted by molar-refractivity contribution is 6.11. The van der Waals surface area contributed by atoms with Gasteiger partial charge in [0, 0.05) is 21.7 Å². The van der Waals surface area contributed by atoms with Crippen LogP contribution in [0.5, 0.6) is 23.0 Å². The summed E-state index contributed by atoms with van der Waals surface area (Å²) < 4.78 is 24.0. The van der Waals surface area contributed by atoms with Crippen LogP contribution in [0, 0.1) is 0 Å². The number of benzene rings is 3. The maximum Gasteiger partial charge on any atom is 0.164 e. The Labute approximate surface area is 191 Å². The molecule has 5 rings (SSSR count). The number of nitrogens with zero attached hydrogens (tertiary/aromatic N) is 3. The van der Waals surface area contributed by atoms with Crippen molar-refractivity contribution in [1.82, 2.24) is 14.8 Å². The van der Waals surface area contributed by atoms with Gasteiger partial charge in [-0.2, -0.15) is 5.10 Å². The molecule has 0 atom stereocenters. The van der Waals surface area contributed by atoms with Gasteiger partial charge in [0.15, 0.2) is 28.6 Å². The Morgan fingerprint density at radius 3 is 1.94 bits per heavy atom. The molecule has 33 heavy (non-hydrogen) atoms. The molecule has 0 amide bonds. The summed E-state index contributed by atoms with van der Waals surface area (Å²) in [4.78, 5) is 5.08. The summed E-state index contributed by atoms with van der Waals surface area (Å²) in [6, 6.07) is 19.6. The fourth-order valence-corrected chi connectivity index (χ4v) is 4.07. The number of hydrogen-bond acceptors (Lipinski definition) is 6. The lowest BCUT2D eigenvalue weighted by molar-refractivity contribution is 0.355. The van der Waals surface area contributed by atoms with E-state index < -0.39 is 0 Å². The number of pyridine rings is 1. The number of ether oxygens (including phenoxy) is 4. The van der Waals surface area contributed by atoms with Crippen LogP contribution < -0.4 is 18.9 Å². The van der Waals surface area contributed by atoms with Crippen LogP contribution in [0.25, 0.3) is 38.8 Å². The summed E-state index contributed by atoms with van der Waals surface area (Å²) >= 11 is 0. The highest BCUT2D eigenvalue weighted by Gasteiger charge is 2.19. The summed E-state index contributed by atoms with van der Waals surface area (Å²) in [6.07, 6.45) is 1.84. The molecule has 166 valence electrons. The summed E-state index contributed by atoms with van der Waals surface area (Å²) in [5.41, 5.74) is 3.33. The van der Waals surface area contributed by atoms with Gasteiger partial charge in [-0.25, -0.2) is 9.67 Å². The van der Waals surface area contributed by atoms with Crippen LogP contribution in [-0.2, 0) is 0 Å². The zero-order chi connectivity index (χ0) is 22.9. The minimum atomic E-state index is 0.627. The lowest BCUT2D eigenvalue weighted by Crippen LogP contribution is -1.99. The molecule has 0 spiro atoms. The van der Waals surface area contributed by atoms with Gasteiger partial charge in [0.05, 0.1) is 46.0 Å². The zero-order valence-corrected chi connectivity index (χ0v) is 18.8. The Bertz CT molecular complexity index is 1460. The van der Waals surface area contributed by atoms with E-state index in [-0.39, 0.29) is 0 Å². The lowest BCUT2D eigenvalue weighted by Gasteiger charge is -2.14. The third-order valence-electron chi connectivity index (χ3n) is 5.69.